The molecule has 17 heavy (non-hydrogen) atoms. The predicted molar refractivity (Wildman–Crippen MR) is 71.5 cm³/mol. The van der Waals surface area contributed by atoms with Gasteiger partial charge in [0.05, 0.1) is 19.2 Å². The van der Waals surface area contributed by atoms with Gasteiger partial charge in [0.1, 0.15) is 0 Å². The van der Waals surface area contributed by atoms with Gasteiger partial charge in [-0.2, -0.15) is 0 Å². The van der Waals surface area contributed by atoms with Gasteiger partial charge in [0.25, 0.3) is 0 Å². The van der Waals surface area contributed by atoms with Gasteiger partial charge in [-0.3, -0.25) is 0 Å². The minimum Gasteiger partial charge on any atom is -0.493 e. The monoisotopic (exact) mass is 277 g/mol. The first kappa shape index (κ1) is 14.4. The van der Waals surface area contributed by atoms with Crippen LogP contribution in [0.3, 0.4) is 0 Å². The van der Waals surface area contributed by atoms with Crippen molar-refractivity contribution in [2.75, 3.05) is 14.2 Å². The molecule has 1 aromatic rings. The maximum absolute atomic E-state index is 6.27. The second-order valence-corrected chi connectivity index (χ2v) is 4.45. The second-order valence-electron chi connectivity index (χ2n) is 4.07. The molecule has 0 aliphatic heterocycles. The van der Waals surface area contributed by atoms with E-state index in [0.29, 0.717) is 22.4 Å². The van der Waals surface area contributed by atoms with Crippen molar-refractivity contribution in [2.45, 2.75) is 18.9 Å². The SMILES string of the molecule is COc1ccc([C@@H](N)C2CC2)c(Cl)c1OC.Cl. The number of rotatable bonds is 4. The Morgan fingerprint density at radius 3 is 2.41 bits per heavy atom. The molecular formula is C12H17Cl2NO2. The molecule has 1 atom stereocenters. The van der Waals surface area contributed by atoms with E-state index in [1.54, 1.807) is 14.2 Å². The lowest BCUT2D eigenvalue weighted by atomic mass is 10.0. The lowest BCUT2D eigenvalue weighted by molar-refractivity contribution is 0.354. The van der Waals surface area contributed by atoms with Crippen molar-refractivity contribution in [3.8, 4) is 11.5 Å². The highest BCUT2D eigenvalue weighted by atomic mass is 35.5. The largest absolute Gasteiger partial charge is 0.493 e. The molecule has 1 aliphatic rings. The zero-order chi connectivity index (χ0) is 11.7. The topological polar surface area (TPSA) is 44.5 Å². The van der Waals surface area contributed by atoms with Crippen LogP contribution in [0.1, 0.15) is 24.4 Å². The second kappa shape index (κ2) is 5.80. The lowest BCUT2D eigenvalue weighted by Crippen LogP contribution is -2.13. The minimum atomic E-state index is 0. The van der Waals surface area contributed by atoms with Crippen molar-refractivity contribution in [3.05, 3.63) is 22.7 Å². The minimum absolute atomic E-state index is 0. The van der Waals surface area contributed by atoms with Crippen LogP contribution in [-0.2, 0) is 0 Å². The average molecular weight is 278 g/mol. The van der Waals surface area contributed by atoms with Gasteiger partial charge in [0, 0.05) is 6.04 Å². The van der Waals surface area contributed by atoms with Crippen LogP contribution in [0.25, 0.3) is 0 Å². The van der Waals surface area contributed by atoms with Crippen molar-refractivity contribution in [1.82, 2.24) is 0 Å². The maximum atomic E-state index is 6.27. The van der Waals surface area contributed by atoms with Crippen LogP contribution in [0.4, 0.5) is 0 Å². The van der Waals surface area contributed by atoms with E-state index in [9.17, 15) is 0 Å². The number of benzene rings is 1. The summed E-state index contributed by atoms with van der Waals surface area (Å²) in [5, 5.41) is 0.571. The summed E-state index contributed by atoms with van der Waals surface area (Å²) in [5.41, 5.74) is 7.08. The summed E-state index contributed by atoms with van der Waals surface area (Å²) in [6.07, 6.45) is 2.37. The standard InChI is InChI=1S/C12H16ClNO2.ClH/c1-15-9-6-5-8(10(13)12(9)16-2)11(14)7-3-4-7;/h5-7,11H,3-4,14H2,1-2H3;1H/t11-;/m0./s1. The van der Waals surface area contributed by atoms with Crippen molar-refractivity contribution < 1.29 is 9.47 Å². The third kappa shape index (κ3) is 2.79. The van der Waals surface area contributed by atoms with Crippen LogP contribution >= 0.6 is 24.0 Å². The fourth-order valence-corrected chi connectivity index (χ4v) is 2.23. The highest BCUT2D eigenvalue weighted by Gasteiger charge is 2.31. The molecule has 0 radical (unpaired) electrons. The Bertz CT molecular complexity index is 394. The van der Waals surface area contributed by atoms with E-state index in [1.807, 2.05) is 12.1 Å². The molecule has 5 heteroatoms. The van der Waals surface area contributed by atoms with E-state index >= 15 is 0 Å². The fourth-order valence-electron chi connectivity index (χ4n) is 1.87. The van der Waals surface area contributed by atoms with E-state index in [4.69, 9.17) is 26.8 Å². The smallest absolute Gasteiger partial charge is 0.179 e. The van der Waals surface area contributed by atoms with Crippen molar-refractivity contribution in [2.24, 2.45) is 11.7 Å². The number of hydrogen-bond acceptors (Lipinski definition) is 3. The molecule has 1 aromatic carbocycles. The number of halogens is 2. The molecule has 0 unspecified atom stereocenters. The van der Waals surface area contributed by atoms with Crippen molar-refractivity contribution in [3.63, 3.8) is 0 Å². The molecular weight excluding hydrogens is 261 g/mol. The third-order valence-electron chi connectivity index (χ3n) is 3.00. The first-order valence-corrected chi connectivity index (χ1v) is 5.72. The first-order valence-electron chi connectivity index (χ1n) is 5.35. The molecule has 0 bridgehead atoms. The Labute approximate surface area is 113 Å². The van der Waals surface area contributed by atoms with Gasteiger partial charge < -0.3 is 15.2 Å². The van der Waals surface area contributed by atoms with Crippen LogP contribution in [0.2, 0.25) is 5.02 Å². The molecule has 0 spiro atoms. The Morgan fingerprint density at radius 2 is 1.94 bits per heavy atom. The maximum Gasteiger partial charge on any atom is 0.179 e. The number of ether oxygens (including phenoxy) is 2. The van der Waals surface area contributed by atoms with Gasteiger partial charge in [-0.1, -0.05) is 17.7 Å². The number of methoxy groups -OCH3 is 2. The fraction of sp³-hybridized carbons (Fsp3) is 0.500. The Balaban J connectivity index is 0.00000144. The molecule has 0 heterocycles. The zero-order valence-corrected chi connectivity index (χ0v) is 11.5. The molecule has 2 N–H and O–H groups in total. The van der Waals surface area contributed by atoms with Gasteiger partial charge in [0.2, 0.25) is 0 Å². The highest BCUT2D eigenvalue weighted by molar-refractivity contribution is 6.33. The van der Waals surface area contributed by atoms with E-state index < -0.39 is 0 Å². The van der Waals surface area contributed by atoms with E-state index in [2.05, 4.69) is 0 Å². The van der Waals surface area contributed by atoms with E-state index in [1.165, 1.54) is 12.8 Å². The summed E-state index contributed by atoms with van der Waals surface area (Å²) < 4.78 is 10.4. The van der Waals surface area contributed by atoms with E-state index in [-0.39, 0.29) is 18.4 Å². The normalized spacial score (nSPS) is 16.0. The Kier molecular flexibility index (Phi) is 4.92. The molecule has 0 amide bonds. The summed E-state index contributed by atoms with van der Waals surface area (Å²) in [7, 11) is 3.17. The summed E-state index contributed by atoms with van der Waals surface area (Å²) in [6, 6.07) is 3.78. The first-order chi connectivity index (χ1) is 7.69. The summed E-state index contributed by atoms with van der Waals surface area (Å²) in [6.45, 7) is 0. The number of hydrogen-bond donors (Lipinski definition) is 1. The molecule has 0 saturated heterocycles. The third-order valence-corrected chi connectivity index (χ3v) is 3.39. The average Bonchev–Trinajstić information content (AvgIpc) is 3.11. The molecule has 1 saturated carbocycles. The van der Waals surface area contributed by atoms with Crippen LogP contribution < -0.4 is 15.2 Å². The molecule has 3 nitrogen and oxygen atoms in total. The molecule has 2 rings (SSSR count). The van der Waals surface area contributed by atoms with E-state index in [0.717, 1.165) is 5.56 Å². The van der Waals surface area contributed by atoms with Crippen molar-refractivity contribution in [1.29, 1.82) is 0 Å². The van der Waals surface area contributed by atoms with Crippen molar-refractivity contribution >= 4 is 24.0 Å². The predicted octanol–water partition coefficient (Wildman–Crippen LogP) is 3.19. The van der Waals surface area contributed by atoms with Crippen LogP contribution in [0, 0.1) is 5.92 Å². The summed E-state index contributed by atoms with van der Waals surface area (Å²) in [4.78, 5) is 0. The molecule has 1 aliphatic carbocycles. The van der Waals surface area contributed by atoms with Crippen LogP contribution in [-0.4, -0.2) is 14.2 Å². The van der Waals surface area contributed by atoms with Gasteiger partial charge in [-0.05, 0) is 30.4 Å². The Morgan fingerprint density at radius 1 is 1.29 bits per heavy atom. The number of nitrogens with two attached hydrogens (primary N) is 1. The highest BCUT2D eigenvalue weighted by Crippen LogP contribution is 2.45. The Hall–Kier alpha value is -0.640. The van der Waals surface area contributed by atoms with Gasteiger partial charge in [0.15, 0.2) is 11.5 Å². The molecule has 96 valence electrons. The molecule has 0 aromatic heterocycles. The van der Waals surface area contributed by atoms with Gasteiger partial charge >= 0.3 is 0 Å². The summed E-state index contributed by atoms with van der Waals surface area (Å²) >= 11 is 6.27. The van der Waals surface area contributed by atoms with Gasteiger partial charge in [-0.15, -0.1) is 12.4 Å². The molecule has 1 fully saturated rings. The zero-order valence-electron chi connectivity index (χ0n) is 9.90. The quantitative estimate of drug-likeness (QED) is 0.919. The lowest BCUT2D eigenvalue weighted by Gasteiger charge is -2.17. The van der Waals surface area contributed by atoms with Crippen LogP contribution in [0.5, 0.6) is 11.5 Å². The summed E-state index contributed by atoms with van der Waals surface area (Å²) in [5.74, 6) is 1.77. The van der Waals surface area contributed by atoms with Gasteiger partial charge in [-0.25, -0.2) is 0 Å². The van der Waals surface area contributed by atoms with Crippen LogP contribution in [0.15, 0.2) is 12.1 Å².